The summed E-state index contributed by atoms with van der Waals surface area (Å²) in [5.74, 6) is -1.09. The van der Waals surface area contributed by atoms with Crippen LogP contribution < -0.4 is 10.6 Å². The van der Waals surface area contributed by atoms with E-state index < -0.39 is 29.7 Å². The highest BCUT2D eigenvalue weighted by Crippen LogP contribution is 2.40. The molecule has 3 unspecified atom stereocenters. The van der Waals surface area contributed by atoms with Crippen LogP contribution >= 0.6 is 0 Å². The highest BCUT2D eigenvalue weighted by Gasteiger charge is 2.46. The fraction of sp³-hybridized carbons (Fsp3) is 0.424. The zero-order valence-corrected chi connectivity index (χ0v) is 24.7. The first-order valence-corrected chi connectivity index (χ1v) is 14.3. The topological polar surface area (TPSA) is 108 Å². The third-order valence-corrected chi connectivity index (χ3v) is 7.45. The summed E-state index contributed by atoms with van der Waals surface area (Å²) >= 11 is 0. The number of hydrogen-bond donors (Lipinski definition) is 3. The van der Waals surface area contributed by atoms with Crippen molar-refractivity contribution in [2.75, 3.05) is 5.32 Å². The van der Waals surface area contributed by atoms with Gasteiger partial charge in [-0.2, -0.15) is 0 Å². The van der Waals surface area contributed by atoms with Crippen molar-refractivity contribution in [2.24, 2.45) is 5.92 Å². The SMILES string of the molecule is CCC(C)C(NC(=O)OC(C)(C)C)C(=O)N(C1CC1)C(C(=O)Nc1ccc2ccccc2c1)c1cccc(C)c1O. The van der Waals surface area contributed by atoms with Crippen LogP contribution in [0.15, 0.2) is 60.7 Å². The summed E-state index contributed by atoms with van der Waals surface area (Å²) in [6, 6.07) is 16.4. The van der Waals surface area contributed by atoms with Gasteiger partial charge in [-0.05, 0) is 74.9 Å². The molecule has 1 aliphatic rings. The van der Waals surface area contributed by atoms with E-state index in [1.807, 2.05) is 56.3 Å². The summed E-state index contributed by atoms with van der Waals surface area (Å²) in [6.07, 6.45) is 1.37. The first-order valence-electron chi connectivity index (χ1n) is 14.3. The molecule has 0 radical (unpaired) electrons. The van der Waals surface area contributed by atoms with Crippen molar-refractivity contribution < 1.29 is 24.2 Å². The molecule has 0 aliphatic heterocycles. The molecule has 41 heavy (non-hydrogen) atoms. The van der Waals surface area contributed by atoms with Gasteiger partial charge in [0.1, 0.15) is 23.4 Å². The summed E-state index contributed by atoms with van der Waals surface area (Å²) in [6.45, 7) is 10.9. The predicted molar refractivity (Wildman–Crippen MR) is 161 cm³/mol. The highest BCUT2D eigenvalue weighted by atomic mass is 16.6. The minimum Gasteiger partial charge on any atom is -0.507 e. The Morgan fingerprint density at radius 3 is 2.34 bits per heavy atom. The average Bonchev–Trinajstić information content (AvgIpc) is 3.75. The molecular formula is C33H41N3O5. The van der Waals surface area contributed by atoms with Gasteiger partial charge < -0.3 is 25.4 Å². The minimum absolute atomic E-state index is 0.0372. The molecule has 8 nitrogen and oxygen atoms in total. The smallest absolute Gasteiger partial charge is 0.408 e. The van der Waals surface area contributed by atoms with Gasteiger partial charge >= 0.3 is 6.09 Å². The Kier molecular flexibility index (Phi) is 8.90. The lowest BCUT2D eigenvalue weighted by Gasteiger charge is -2.36. The molecule has 8 heteroatoms. The maximum absolute atomic E-state index is 14.4. The van der Waals surface area contributed by atoms with Crippen molar-refractivity contribution in [1.29, 1.82) is 0 Å². The Hall–Kier alpha value is -4.07. The molecule has 1 fully saturated rings. The lowest BCUT2D eigenvalue weighted by Crippen LogP contribution is -2.55. The molecule has 3 N–H and O–H groups in total. The van der Waals surface area contributed by atoms with E-state index in [0.29, 0.717) is 23.2 Å². The number of nitrogens with zero attached hydrogens (tertiary/aromatic N) is 1. The molecule has 0 aromatic heterocycles. The molecule has 1 aliphatic carbocycles. The Bertz CT molecular complexity index is 1430. The Balaban J connectivity index is 1.74. The first-order chi connectivity index (χ1) is 19.4. The maximum Gasteiger partial charge on any atom is 0.408 e. The molecule has 0 bridgehead atoms. The van der Waals surface area contributed by atoms with E-state index in [1.165, 1.54) is 0 Å². The summed E-state index contributed by atoms with van der Waals surface area (Å²) in [7, 11) is 0. The summed E-state index contributed by atoms with van der Waals surface area (Å²) < 4.78 is 5.47. The van der Waals surface area contributed by atoms with Crippen molar-refractivity contribution in [2.45, 2.75) is 84.5 Å². The van der Waals surface area contributed by atoms with Crippen LogP contribution in [0.3, 0.4) is 0 Å². The standard InChI is InChI=1S/C33H41N3O5/c1-7-20(2)27(35-32(40)41-33(4,5)6)31(39)36(25-17-18-25)28(26-14-10-11-21(3)29(26)37)30(38)34-24-16-15-22-12-8-9-13-23(22)19-24/h8-16,19-20,25,27-28,37H,7,17-18H2,1-6H3,(H,34,38)(H,35,40). The predicted octanol–water partition coefficient (Wildman–Crippen LogP) is 6.46. The van der Waals surface area contributed by atoms with Crippen molar-refractivity contribution in [3.05, 3.63) is 71.8 Å². The number of carbonyl (C=O) groups is 3. The zero-order chi connectivity index (χ0) is 29.9. The zero-order valence-electron chi connectivity index (χ0n) is 24.7. The van der Waals surface area contributed by atoms with Crippen LogP contribution in [0.25, 0.3) is 10.8 Å². The molecule has 0 spiro atoms. The van der Waals surface area contributed by atoms with E-state index in [9.17, 15) is 19.5 Å². The third-order valence-electron chi connectivity index (χ3n) is 7.45. The van der Waals surface area contributed by atoms with Gasteiger partial charge in [0.2, 0.25) is 5.91 Å². The molecule has 0 heterocycles. The summed E-state index contributed by atoms with van der Waals surface area (Å²) in [5, 5.41) is 18.9. The number of fused-ring (bicyclic) bond motifs is 1. The molecule has 1 saturated carbocycles. The van der Waals surface area contributed by atoms with E-state index in [2.05, 4.69) is 10.6 Å². The number of phenolic OH excluding ortho intramolecular Hbond substituents is 1. The molecule has 3 atom stereocenters. The minimum atomic E-state index is -1.12. The maximum atomic E-state index is 14.4. The molecule has 4 rings (SSSR count). The second-order valence-electron chi connectivity index (χ2n) is 12.0. The number of para-hydroxylation sites is 1. The molecule has 3 aromatic rings. The molecule has 3 amide bonds. The number of nitrogens with one attached hydrogen (secondary N) is 2. The van der Waals surface area contributed by atoms with E-state index in [-0.39, 0.29) is 23.6 Å². The van der Waals surface area contributed by atoms with Crippen LogP contribution in [-0.4, -0.2) is 45.6 Å². The van der Waals surface area contributed by atoms with Gasteiger partial charge in [-0.15, -0.1) is 0 Å². The van der Waals surface area contributed by atoms with Gasteiger partial charge in [0.25, 0.3) is 5.91 Å². The number of aryl methyl sites for hydroxylation is 1. The normalized spacial score (nSPS) is 15.5. The van der Waals surface area contributed by atoms with Gasteiger partial charge in [0, 0.05) is 17.3 Å². The fourth-order valence-electron chi connectivity index (χ4n) is 4.95. The number of benzene rings is 3. The van der Waals surface area contributed by atoms with Crippen LogP contribution in [0.1, 0.15) is 71.0 Å². The van der Waals surface area contributed by atoms with Gasteiger partial charge in [0.05, 0.1) is 0 Å². The summed E-state index contributed by atoms with van der Waals surface area (Å²) in [4.78, 5) is 42.9. The van der Waals surface area contributed by atoms with Gasteiger partial charge in [-0.25, -0.2) is 4.79 Å². The number of hydrogen-bond acceptors (Lipinski definition) is 5. The first kappa shape index (κ1) is 29.9. The fourth-order valence-corrected chi connectivity index (χ4v) is 4.95. The van der Waals surface area contributed by atoms with Crippen LogP contribution in [0.2, 0.25) is 0 Å². The number of carbonyl (C=O) groups excluding carboxylic acids is 3. The van der Waals surface area contributed by atoms with E-state index in [4.69, 9.17) is 4.74 Å². The van der Waals surface area contributed by atoms with Gasteiger partial charge in [0.15, 0.2) is 0 Å². The van der Waals surface area contributed by atoms with E-state index in [0.717, 1.165) is 23.6 Å². The quantitative estimate of drug-likeness (QED) is 0.279. The lowest BCUT2D eigenvalue weighted by molar-refractivity contribution is -0.142. The summed E-state index contributed by atoms with van der Waals surface area (Å²) in [5.41, 5.74) is 0.779. The number of anilines is 1. The number of alkyl carbamates (subject to hydrolysis) is 1. The second-order valence-corrected chi connectivity index (χ2v) is 12.0. The monoisotopic (exact) mass is 559 g/mol. The van der Waals surface area contributed by atoms with Crippen molar-refractivity contribution in [1.82, 2.24) is 10.2 Å². The largest absolute Gasteiger partial charge is 0.507 e. The van der Waals surface area contributed by atoms with Crippen molar-refractivity contribution in [3.8, 4) is 5.75 Å². The third kappa shape index (κ3) is 7.17. The van der Waals surface area contributed by atoms with Crippen molar-refractivity contribution in [3.63, 3.8) is 0 Å². The second kappa shape index (κ2) is 12.2. The van der Waals surface area contributed by atoms with Crippen molar-refractivity contribution >= 4 is 34.4 Å². The Labute approximate surface area is 242 Å². The number of aromatic hydroxyl groups is 1. The Morgan fingerprint density at radius 1 is 1.02 bits per heavy atom. The van der Waals surface area contributed by atoms with Crippen LogP contribution in [0.4, 0.5) is 10.5 Å². The van der Waals surface area contributed by atoms with Crippen LogP contribution in [-0.2, 0) is 14.3 Å². The molecule has 218 valence electrons. The van der Waals surface area contributed by atoms with E-state index in [1.54, 1.807) is 50.8 Å². The molecular weight excluding hydrogens is 518 g/mol. The number of rotatable bonds is 9. The van der Waals surface area contributed by atoms with Crippen LogP contribution in [0.5, 0.6) is 5.75 Å². The number of ether oxygens (including phenoxy) is 1. The number of amides is 3. The number of phenols is 1. The van der Waals surface area contributed by atoms with Gasteiger partial charge in [-0.3, -0.25) is 9.59 Å². The van der Waals surface area contributed by atoms with Crippen LogP contribution in [0, 0.1) is 12.8 Å². The molecule has 3 aromatic carbocycles. The Morgan fingerprint density at radius 2 is 1.71 bits per heavy atom. The lowest BCUT2D eigenvalue weighted by atomic mass is 9.94. The molecule has 0 saturated heterocycles. The highest BCUT2D eigenvalue weighted by molar-refractivity contribution is 6.01. The van der Waals surface area contributed by atoms with E-state index >= 15 is 0 Å². The average molecular weight is 560 g/mol. The van der Waals surface area contributed by atoms with Gasteiger partial charge in [-0.1, -0.05) is 68.8 Å².